The molecule has 0 saturated heterocycles. The van der Waals surface area contributed by atoms with Crippen molar-refractivity contribution in [3.8, 4) is 0 Å². The Morgan fingerprint density at radius 2 is 0.800 bits per heavy atom. The van der Waals surface area contributed by atoms with Gasteiger partial charge < -0.3 is 0 Å². The summed E-state index contributed by atoms with van der Waals surface area (Å²) in [6.07, 6.45) is 4.08. The van der Waals surface area contributed by atoms with Crippen LogP contribution in [0.4, 0.5) is 0 Å². The van der Waals surface area contributed by atoms with Crippen LogP contribution < -0.4 is 0 Å². The summed E-state index contributed by atoms with van der Waals surface area (Å²) < 4.78 is 0. The molecule has 0 aromatic heterocycles. The van der Waals surface area contributed by atoms with Crippen molar-refractivity contribution in [2.24, 2.45) is 0 Å². The SMILES string of the molecule is C.C.CC.CCCCC.c1ccccc1. The lowest BCUT2D eigenvalue weighted by Gasteiger charge is -1.79. The molecule has 0 amide bonds. The van der Waals surface area contributed by atoms with Crippen LogP contribution in [0.5, 0.6) is 0 Å². The summed E-state index contributed by atoms with van der Waals surface area (Å²) in [7, 11) is 0. The van der Waals surface area contributed by atoms with Gasteiger partial charge in [0.2, 0.25) is 0 Å². The van der Waals surface area contributed by atoms with E-state index in [-0.39, 0.29) is 14.9 Å². The van der Waals surface area contributed by atoms with Gasteiger partial charge in [-0.25, -0.2) is 0 Å². The van der Waals surface area contributed by atoms with Gasteiger partial charge in [-0.05, 0) is 0 Å². The van der Waals surface area contributed by atoms with Crippen molar-refractivity contribution in [3.05, 3.63) is 36.4 Å². The van der Waals surface area contributed by atoms with Gasteiger partial charge in [0.1, 0.15) is 0 Å². The second kappa shape index (κ2) is 29.2. The molecule has 0 bridgehead atoms. The average Bonchev–Trinajstić information content (AvgIpc) is 2.25. The normalized spacial score (nSPS) is 6.40. The first-order valence-corrected chi connectivity index (χ1v) is 5.41. The molecule has 0 fully saturated rings. The van der Waals surface area contributed by atoms with Gasteiger partial charge in [-0.1, -0.05) is 98.2 Å². The summed E-state index contributed by atoms with van der Waals surface area (Å²) in [5.74, 6) is 0. The van der Waals surface area contributed by atoms with Crippen LogP contribution in [0.15, 0.2) is 36.4 Å². The van der Waals surface area contributed by atoms with Crippen molar-refractivity contribution in [2.75, 3.05) is 0 Å². The number of unbranched alkanes of at least 4 members (excludes halogenated alkanes) is 2. The molecule has 0 atom stereocenters. The molecule has 92 valence electrons. The van der Waals surface area contributed by atoms with Gasteiger partial charge in [-0.3, -0.25) is 0 Å². The van der Waals surface area contributed by atoms with Gasteiger partial charge in [-0.15, -0.1) is 0 Å². The summed E-state index contributed by atoms with van der Waals surface area (Å²) in [4.78, 5) is 0. The fourth-order valence-electron chi connectivity index (χ4n) is 0.738. The van der Waals surface area contributed by atoms with Crippen molar-refractivity contribution < 1.29 is 0 Å². The van der Waals surface area contributed by atoms with Crippen molar-refractivity contribution in [3.63, 3.8) is 0 Å². The zero-order chi connectivity index (χ0) is 10.4. The molecule has 0 N–H and O–H groups in total. The topological polar surface area (TPSA) is 0 Å². The lowest BCUT2D eigenvalue weighted by Crippen LogP contribution is -1.59. The molecule has 0 spiro atoms. The van der Waals surface area contributed by atoms with Crippen molar-refractivity contribution in [2.45, 2.75) is 61.8 Å². The maximum absolute atomic E-state index is 2.21. The van der Waals surface area contributed by atoms with Gasteiger partial charge in [0.05, 0.1) is 0 Å². The molecular formula is C15H32. The first-order valence-electron chi connectivity index (χ1n) is 5.41. The Morgan fingerprint density at radius 1 is 0.600 bits per heavy atom. The minimum absolute atomic E-state index is 0. The largest absolute Gasteiger partial charge is 0.0776 e. The summed E-state index contributed by atoms with van der Waals surface area (Å²) in [6.45, 7) is 8.42. The number of hydrogen-bond donors (Lipinski definition) is 0. The molecule has 0 saturated carbocycles. The molecule has 15 heavy (non-hydrogen) atoms. The van der Waals surface area contributed by atoms with Crippen molar-refractivity contribution in [1.82, 2.24) is 0 Å². The number of hydrogen-bond acceptors (Lipinski definition) is 0. The standard InChI is InChI=1S/C6H6.C5H12.C2H6.2CH4/c1-2-4-6-5-3-1;1-3-5-4-2;1-2;;/h1-6H;3-5H2,1-2H3;1-2H3;2*1H4. The molecular weight excluding hydrogens is 180 g/mol. The predicted molar refractivity (Wildman–Crippen MR) is 76.5 cm³/mol. The Bertz CT molecular complexity index is 103. The van der Waals surface area contributed by atoms with E-state index in [9.17, 15) is 0 Å². The van der Waals surface area contributed by atoms with Crippen LogP contribution in [0.25, 0.3) is 0 Å². The van der Waals surface area contributed by atoms with Crippen LogP contribution in [0.1, 0.15) is 61.8 Å². The molecule has 0 radical (unpaired) electrons. The molecule has 0 unspecified atom stereocenters. The Labute approximate surface area is 98.7 Å². The molecule has 1 aromatic carbocycles. The maximum Gasteiger partial charge on any atom is -0.0538 e. The first kappa shape index (κ1) is 23.8. The fraction of sp³-hybridized carbons (Fsp3) is 0.600. The maximum atomic E-state index is 2.21. The van der Waals surface area contributed by atoms with Crippen LogP contribution in [-0.4, -0.2) is 0 Å². The highest BCUT2D eigenvalue weighted by Gasteiger charge is 1.68. The zero-order valence-corrected chi connectivity index (χ0v) is 9.59. The highest BCUT2D eigenvalue weighted by molar-refractivity contribution is 4.99. The van der Waals surface area contributed by atoms with Gasteiger partial charge in [-0.2, -0.15) is 0 Å². The third-order valence-corrected chi connectivity index (χ3v) is 1.37. The number of benzene rings is 1. The van der Waals surface area contributed by atoms with Crippen LogP contribution in [0.3, 0.4) is 0 Å². The highest BCUT2D eigenvalue weighted by atomic mass is 13.7. The van der Waals surface area contributed by atoms with Crippen LogP contribution in [0, 0.1) is 0 Å². The third-order valence-electron chi connectivity index (χ3n) is 1.37. The highest BCUT2D eigenvalue weighted by Crippen LogP contribution is 1.88. The minimum Gasteiger partial charge on any atom is -0.0776 e. The van der Waals surface area contributed by atoms with E-state index >= 15 is 0 Å². The second-order valence-electron chi connectivity index (χ2n) is 2.51. The van der Waals surface area contributed by atoms with E-state index in [1.165, 1.54) is 19.3 Å². The van der Waals surface area contributed by atoms with Crippen molar-refractivity contribution >= 4 is 0 Å². The Balaban J connectivity index is -0.0000000629. The molecule has 1 rings (SSSR count). The van der Waals surface area contributed by atoms with Crippen molar-refractivity contribution in [1.29, 1.82) is 0 Å². The van der Waals surface area contributed by atoms with E-state index in [4.69, 9.17) is 0 Å². The summed E-state index contributed by atoms with van der Waals surface area (Å²) in [5.41, 5.74) is 0. The van der Waals surface area contributed by atoms with E-state index in [1.807, 2.05) is 50.2 Å². The second-order valence-corrected chi connectivity index (χ2v) is 2.51. The zero-order valence-electron chi connectivity index (χ0n) is 9.59. The molecule has 0 heteroatoms. The third kappa shape index (κ3) is 31.9. The van der Waals surface area contributed by atoms with Gasteiger partial charge >= 0.3 is 0 Å². The van der Waals surface area contributed by atoms with Crippen LogP contribution in [-0.2, 0) is 0 Å². The molecule has 0 aliphatic carbocycles. The van der Waals surface area contributed by atoms with Gasteiger partial charge in [0.15, 0.2) is 0 Å². The molecule has 0 aliphatic heterocycles. The summed E-state index contributed by atoms with van der Waals surface area (Å²) in [6, 6.07) is 12.0. The van der Waals surface area contributed by atoms with E-state index in [1.54, 1.807) is 0 Å². The van der Waals surface area contributed by atoms with E-state index in [0.717, 1.165) is 0 Å². The monoisotopic (exact) mass is 212 g/mol. The first-order chi connectivity index (χ1) is 6.41. The summed E-state index contributed by atoms with van der Waals surface area (Å²) in [5, 5.41) is 0. The Hall–Kier alpha value is -0.780. The lowest BCUT2D eigenvalue weighted by atomic mass is 10.3. The van der Waals surface area contributed by atoms with E-state index < -0.39 is 0 Å². The molecule has 1 aromatic rings. The summed E-state index contributed by atoms with van der Waals surface area (Å²) >= 11 is 0. The number of rotatable bonds is 2. The molecule has 0 nitrogen and oxygen atoms in total. The predicted octanol–water partition coefficient (Wildman–Crippen LogP) is 6.18. The average molecular weight is 212 g/mol. The molecule has 0 aliphatic rings. The minimum atomic E-state index is 0. The Kier molecular flexibility index (Phi) is 46.3. The van der Waals surface area contributed by atoms with Crippen LogP contribution in [0.2, 0.25) is 0 Å². The van der Waals surface area contributed by atoms with Gasteiger partial charge in [0.25, 0.3) is 0 Å². The lowest BCUT2D eigenvalue weighted by molar-refractivity contribution is 0.772. The van der Waals surface area contributed by atoms with Gasteiger partial charge in [0, 0.05) is 0 Å². The van der Waals surface area contributed by atoms with E-state index in [2.05, 4.69) is 13.8 Å². The van der Waals surface area contributed by atoms with Crippen LogP contribution >= 0.6 is 0 Å². The quantitative estimate of drug-likeness (QED) is 0.549. The molecule has 0 heterocycles. The Morgan fingerprint density at radius 3 is 0.867 bits per heavy atom. The van der Waals surface area contributed by atoms with E-state index in [0.29, 0.717) is 0 Å². The fourth-order valence-corrected chi connectivity index (χ4v) is 0.738. The smallest absolute Gasteiger partial charge is 0.0538 e.